The zero-order chi connectivity index (χ0) is 19.4. The molecule has 3 aromatic rings. The van der Waals surface area contributed by atoms with E-state index in [1.807, 2.05) is 44.2 Å². The van der Waals surface area contributed by atoms with Gasteiger partial charge in [0.15, 0.2) is 0 Å². The Bertz CT molecular complexity index is 939. The topological polar surface area (TPSA) is 49.8 Å². The Balaban J connectivity index is 1.98. The molecule has 1 aromatic heterocycles. The van der Waals surface area contributed by atoms with Gasteiger partial charge in [-0.25, -0.2) is 4.98 Å². The van der Waals surface area contributed by atoms with E-state index in [1.54, 1.807) is 18.2 Å². The van der Waals surface area contributed by atoms with Crippen molar-refractivity contribution in [3.63, 3.8) is 0 Å². The summed E-state index contributed by atoms with van der Waals surface area (Å²) in [6.45, 7) is 3.86. The summed E-state index contributed by atoms with van der Waals surface area (Å²) in [6.07, 6.45) is -3.09. The molecule has 0 amide bonds. The molecule has 0 radical (unpaired) electrons. The molecule has 2 N–H and O–H groups in total. The maximum atomic E-state index is 13.4. The summed E-state index contributed by atoms with van der Waals surface area (Å²) in [4.78, 5) is 7.91. The molecule has 0 aliphatic rings. The normalized spacial score (nSPS) is 11.3. The van der Waals surface area contributed by atoms with Crippen molar-refractivity contribution in [1.82, 2.24) is 9.97 Å². The molecule has 140 valence electrons. The molecule has 0 fully saturated rings. The van der Waals surface area contributed by atoms with Gasteiger partial charge in [0, 0.05) is 17.6 Å². The van der Waals surface area contributed by atoms with Gasteiger partial charge in [-0.15, -0.1) is 0 Å². The van der Waals surface area contributed by atoms with Crippen LogP contribution in [0.3, 0.4) is 0 Å². The van der Waals surface area contributed by atoms with Crippen molar-refractivity contribution in [2.45, 2.75) is 26.4 Å². The Morgan fingerprint density at radius 3 is 2.48 bits per heavy atom. The Labute approximate surface area is 155 Å². The molecule has 0 aliphatic carbocycles. The summed E-state index contributed by atoms with van der Waals surface area (Å²) in [7, 11) is 0. The number of halogens is 3. The number of rotatable bonds is 5. The number of hydrogen-bond donors (Lipinski definition) is 2. The van der Waals surface area contributed by atoms with Gasteiger partial charge >= 0.3 is 6.18 Å². The monoisotopic (exact) mass is 372 g/mol. The predicted octanol–water partition coefficient (Wildman–Crippen LogP) is 5.85. The van der Waals surface area contributed by atoms with Gasteiger partial charge in [0.25, 0.3) is 0 Å². The van der Waals surface area contributed by atoms with E-state index in [0.29, 0.717) is 17.8 Å². The molecule has 7 heteroatoms. The Hall–Kier alpha value is -3.09. The second kappa shape index (κ2) is 7.65. The first kappa shape index (κ1) is 18.7. The fourth-order valence-electron chi connectivity index (χ4n) is 2.67. The molecular formula is C20H19F3N4. The minimum absolute atomic E-state index is 0.0880. The van der Waals surface area contributed by atoms with Crippen molar-refractivity contribution in [2.24, 2.45) is 0 Å². The van der Waals surface area contributed by atoms with Gasteiger partial charge in [0.05, 0.1) is 0 Å². The molecule has 0 spiro atoms. The first-order valence-electron chi connectivity index (χ1n) is 8.49. The highest BCUT2D eigenvalue weighted by Crippen LogP contribution is 2.35. The van der Waals surface area contributed by atoms with Gasteiger partial charge in [-0.05, 0) is 42.7 Å². The summed E-state index contributed by atoms with van der Waals surface area (Å²) in [5.74, 6) is -0.196. The first-order chi connectivity index (χ1) is 12.9. The SMILES string of the molecule is CCc1ccccc1Nc1nc(Nc2cccc(C)c2)ncc1C(F)(F)F. The van der Waals surface area contributed by atoms with E-state index in [9.17, 15) is 13.2 Å². The second-order valence-corrected chi connectivity index (χ2v) is 6.08. The molecule has 0 saturated heterocycles. The van der Waals surface area contributed by atoms with Crippen LogP contribution < -0.4 is 10.6 Å². The molecule has 1 heterocycles. The van der Waals surface area contributed by atoms with Gasteiger partial charge in [-0.3, -0.25) is 0 Å². The average Bonchev–Trinajstić information content (AvgIpc) is 2.61. The number of aryl methyl sites for hydroxylation is 2. The summed E-state index contributed by atoms with van der Waals surface area (Å²) >= 11 is 0. The third-order valence-corrected chi connectivity index (χ3v) is 4.02. The number of nitrogens with zero attached hydrogens (tertiary/aromatic N) is 2. The summed E-state index contributed by atoms with van der Waals surface area (Å²) < 4.78 is 40.2. The molecule has 0 aliphatic heterocycles. The van der Waals surface area contributed by atoms with Crippen LogP contribution in [-0.2, 0) is 12.6 Å². The van der Waals surface area contributed by atoms with Crippen molar-refractivity contribution in [1.29, 1.82) is 0 Å². The number of alkyl halides is 3. The molecule has 2 aromatic carbocycles. The van der Waals surface area contributed by atoms with E-state index in [0.717, 1.165) is 17.3 Å². The van der Waals surface area contributed by atoms with Crippen molar-refractivity contribution >= 4 is 23.1 Å². The van der Waals surface area contributed by atoms with Crippen LogP contribution in [0.4, 0.5) is 36.3 Å². The Morgan fingerprint density at radius 2 is 1.78 bits per heavy atom. The van der Waals surface area contributed by atoms with E-state index in [-0.39, 0.29) is 11.8 Å². The zero-order valence-electron chi connectivity index (χ0n) is 14.9. The molecule has 0 bridgehead atoms. The van der Waals surface area contributed by atoms with E-state index in [1.165, 1.54) is 0 Å². The number of aromatic nitrogens is 2. The molecular weight excluding hydrogens is 353 g/mol. The lowest BCUT2D eigenvalue weighted by molar-refractivity contribution is -0.137. The van der Waals surface area contributed by atoms with Crippen LogP contribution in [-0.4, -0.2) is 9.97 Å². The zero-order valence-corrected chi connectivity index (χ0v) is 14.9. The average molecular weight is 372 g/mol. The molecule has 3 rings (SSSR count). The van der Waals surface area contributed by atoms with Gasteiger partial charge in [-0.1, -0.05) is 37.3 Å². The van der Waals surface area contributed by atoms with E-state index < -0.39 is 11.7 Å². The van der Waals surface area contributed by atoms with Crippen molar-refractivity contribution < 1.29 is 13.2 Å². The highest BCUT2D eigenvalue weighted by Gasteiger charge is 2.35. The molecule has 0 unspecified atom stereocenters. The number of anilines is 4. The number of hydrogen-bond acceptors (Lipinski definition) is 4. The number of nitrogens with one attached hydrogen (secondary N) is 2. The van der Waals surface area contributed by atoms with Crippen LogP contribution in [0, 0.1) is 6.92 Å². The smallest absolute Gasteiger partial charge is 0.339 e. The van der Waals surface area contributed by atoms with Crippen LogP contribution in [0.25, 0.3) is 0 Å². The molecule has 0 saturated carbocycles. The second-order valence-electron chi connectivity index (χ2n) is 6.08. The molecule has 4 nitrogen and oxygen atoms in total. The van der Waals surface area contributed by atoms with Crippen LogP contribution in [0.2, 0.25) is 0 Å². The third kappa shape index (κ3) is 4.55. The maximum Gasteiger partial charge on any atom is 0.421 e. The lowest BCUT2D eigenvalue weighted by Gasteiger charge is -2.16. The van der Waals surface area contributed by atoms with E-state index >= 15 is 0 Å². The van der Waals surface area contributed by atoms with Gasteiger partial charge < -0.3 is 10.6 Å². The van der Waals surface area contributed by atoms with Crippen LogP contribution in [0.15, 0.2) is 54.7 Å². The van der Waals surface area contributed by atoms with Crippen LogP contribution >= 0.6 is 0 Å². The largest absolute Gasteiger partial charge is 0.421 e. The highest BCUT2D eigenvalue weighted by atomic mass is 19.4. The summed E-state index contributed by atoms with van der Waals surface area (Å²) in [5.41, 5.74) is 2.29. The fourth-order valence-corrected chi connectivity index (χ4v) is 2.67. The first-order valence-corrected chi connectivity index (χ1v) is 8.49. The van der Waals surface area contributed by atoms with Gasteiger partial charge in [0.2, 0.25) is 5.95 Å². The number of benzene rings is 2. The van der Waals surface area contributed by atoms with Crippen LogP contribution in [0.1, 0.15) is 23.6 Å². The minimum atomic E-state index is -4.56. The summed E-state index contributed by atoms with van der Waals surface area (Å²) in [5, 5.41) is 5.77. The Morgan fingerprint density at radius 1 is 1.00 bits per heavy atom. The molecule has 0 atom stereocenters. The number of para-hydroxylation sites is 1. The quantitative estimate of drug-likeness (QED) is 0.589. The molecule has 27 heavy (non-hydrogen) atoms. The lowest BCUT2D eigenvalue weighted by atomic mass is 10.1. The van der Waals surface area contributed by atoms with Crippen LogP contribution in [0.5, 0.6) is 0 Å². The standard InChI is InChI=1S/C20H19F3N4/c1-3-14-8-4-5-10-17(14)26-18-16(20(21,22)23)12-24-19(27-18)25-15-9-6-7-13(2)11-15/h4-12H,3H2,1-2H3,(H2,24,25,26,27). The maximum absolute atomic E-state index is 13.4. The van der Waals surface area contributed by atoms with Crippen molar-refractivity contribution in [3.8, 4) is 0 Å². The van der Waals surface area contributed by atoms with Gasteiger partial charge in [-0.2, -0.15) is 18.2 Å². The van der Waals surface area contributed by atoms with E-state index in [2.05, 4.69) is 20.6 Å². The van der Waals surface area contributed by atoms with Gasteiger partial charge in [0.1, 0.15) is 11.4 Å². The Kier molecular flexibility index (Phi) is 5.30. The summed E-state index contributed by atoms with van der Waals surface area (Å²) in [6, 6.07) is 14.6. The lowest BCUT2D eigenvalue weighted by Crippen LogP contribution is -2.13. The van der Waals surface area contributed by atoms with E-state index in [4.69, 9.17) is 0 Å². The van der Waals surface area contributed by atoms with Crippen molar-refractivity contribution in [2.75, 3.05) is 10.6 Å². The third-order valence-electron chi connectivity index (χ3n) is 4.02. The van der Waals surface area contributed by atoms with Crippen molar-refractivity contribution in [3.05, 3.63) is 71.4 Å². The fraction of sp³-hybridized carbons (Fsp3) is 0.200. The minimum Gasteiger partial charge on any atom is -0.339 e. The highest BCUT2D eigenvalue weighted by molar-refractivity contribution is 5.65. The predicted molar refractivity (Wildman–Crippen MR) is 101 cm³/mol.